The molecule has 6 heteroatoms. The lowest BCUT2D eigenvalue weighted by Gasteiger charge is -2.30. The summed E-state index contributed by atoms with van der Waals surface area (Å²) in [6.07, 6.45) is 4.99. The van der Waals surface area contributed by atoms with E-state index in [2.05, 4.69) is 0 Å². The molecular weight excluding hydrogens is 382 g/mol. The molecule has 1 aliphatic heterocycles. The number of rotatable bonds is 7. The molecule has 0 saturated carbocycles. The van der Waals surface area contributed by atoms with Crippen molar-refractivity contribution in [2.24, 2.45) is 0 Å². The maximum atomic E-state index is 13.1. The third-order valence-electron chi connectivity index (χ3n) is 5.06. The molecule has 3 rings (SSSR count). The fraction of sp³-hybridized carbons (Fsp3) is 0.333. The summed E-state index contributed by atoms with van der Waals surface area (Å²) < 4.78 is 16.2. The van der Waals surface area contributed by atoms with E-state index in [1.54, 1.807) is 55.5 Å². The van der Waals surface area contributed by atoms with Gasteiger partial charge in [-0.05, 0) is 43.5 Å². The van der Waals surface area contributed by atoms with E-state index in [0.29, 0.717) is 35.7 Å². The number of hydrogen-bond donors (Lipinski definition) is 0. The number of ether oxygens (including phenoxy) is 3. The van der Waals surface area contributed by atoms with Crippen LogP contribution in [-0.4, -0.2) is 44.1 Å². The Kier molecular flexibility index (Phi) is 7.49. The molecule has 1 heterocycles. The summed E-state index contributed by atoms with van der Waals surface area (Å²) in [5.41, 5.74) is 1.33. The van der Waals surface area contributed by atoms with E-state index in [0.717, 1.165) is 19.3 Å². The molecule has 1 saturated heterocycles. The number of piperidine rings is 1. The van der Waals surface area contributed by atoms with Gasteiger partial charge in [-0.1, -0.05) is 30.3 Å². The Morgan fingerprint density at radius 3 is 2.37 bits per heavy atom. The van der Waals surface area contributed by atoms with Gasteiger partial charge in [-0.25, -0.2) is 4.79 Å². The highest BCUT2D eigenvalue weighted by Crippen LogP contribution is 2.26. The zero-order valence-corrected chi connectivity index (χ0v) is 17.4. The monoisotopic (exact) mass is 409 g/mol. The van der Waals surface area contributed by atoms with Crippen LogP contribution in [0.1, 0.15) is 36.5 Å². The van der Waals surface area contributed by atoms with E-state index in [1.165, 1.54) is 6.08 Å². The number of methoxy groups -OCH3 is 2. The van der Waals surface area contributed by atoms with Gasteiger partial charge in [-0.2, -0.15) is 0 Å². The van der Waals surface area contributed by atoms with Crippen molar-refractivity contribution in [3.8, 4) is 11.5 Å². The van der Waals surface area contributed by atoms with E-state index in [-0.39, 0.29) is 5.91 Å². The smallest absolute Gasteiger partial charge is 0.331 e. The van der Waals surface area contributed by atoms with Crippen LogP contribution in [0.4, 0.5) is 0 Å². The molecule has 158 valence electrons. The minimum Gasteiger partial charge on any atom is -0.497 e. The van der Waals surface area contributed by atoms with Crippen molar-refractivity contribution < 1.29 is 23.8 Å². The first-order valence-corrected chi connectivity index (χ1v) is 10.1. The summed E-state index contributed by atoms with van der Waals surface area (Å²) in [5.74, 6) is 0.468. The SMILES string of the molecule is COc1ccc(OC)c(/C=C/C(=O)OC(C(=O)N2CCCCC2)c2ccccc2)c1. The summed E-state index contributed by atoms with van der Waals surface area (Å²) in [4.78, 5) is 27.5. The van der Waals surface area contributed by atoms with Crippen LogP contribution in [-0.2, 0) is 14.3 Å². The number of carbonyl (C=O) groups is 2. The van der Waals surface area contributed by atoms with Gasteiger partial charge in [0.2, 0.25) is 6.10 Å². The van der Waals surface area contributed by atoms with Crippen LogP contribution in [0.3, 0.4) is 0 Å². The molecule has 2 aromatic carbocycles. The molecule has 1 aliphatic rings. The van der Waals surface area contributed by atoms with E-state index in [1.807, 2.05) is 18.2 Å². The van der Waals surface area contributed by atoms with Crippen molar-refractivity contribution in [2.45, 2.75) is 25.4 Å². The number of nitrogens with zero attached hydrogens (tertiary/aromatic N) is 1. The molecular formula is C24H27NO5. The lowest BCUT2D eigenvalue weighted by atomic mass is 10.1. The first-order chi connectivity index (χ1) is 14.6. The van der Waals surface area contributed by atoms with Crippen LogP contribution in [0.25, 0.3) is 6.08 Å². The normalized spacial score (nSPS) is 14.9. The minimum atomic E-state index is -0.964. The number of amides is 1. The first kappa shape index (κ1) is 21.4. The minimum absolute atomic E-state index is 0.179. The van der Waals surface area contributed by atoms with Crippen molar-refractivity contribution in [3.63, 3.8) is 0 Å². The molecule has 1 amide bonds. The average Bonchev–Trinajstić information content (AvgIpc) is 2.81. The molecule has 1 fully saturated rings. The number of carbonyl (C=O) groups excluding carboxylic acids is 2. The lowest BCUT2D eigenvalue weighted by molar-refractivity contribution is -0.157. The van der Waals surface area contributed by atoms with Gasteiger partial charge < -0.3 is 19.1 Å². The quantitative estimate of drug-likeness (QED) is 0.511. The summed E-state index contributed by atoms with van der Waals surface area (Å²) in [6.45, 7) is 1.38. The Morgan fingerprint density at radius 1 is 0.967 bits per heavy atom. The Labute approximate surface area is 177 Å². The molecule has 1 atom stereocenters. The van der Waals surface area contributed by atoms with Gasteiger partial charge in [0, 0.05) is 30.3 Å². The van der Waals surface area contributed by atoms with E-state index in [9.17, 15) is 9.59 Å². The average molecular weight is 409 g/mol. The van der Waals surface area contributed by atoms with Crippen molar-refractivity contribution in [2.75, 3.05) is 27.3 Å². The summed E-state index contributed by atoms with van der Waals surface area (Å²) in [6, 6.07) is 14.4. The zero-order valence-electron chi connectivity index (χ0n) is 17.4. The molecule has 0 aliphatic carbocycles. The molecule has 0 N–H and O–H groups in total. The Morgan fingerprint density at radius 2 is 1.70 bits per heavy atom. The molecule has 0 spiro atoms. The first-order valence-electron chi connectivity index (χ1n) is 10.1. The van der Waals surface area contributed by atoms with Crippen LogP contribution >= 0.6 is 0 Å². The number of likely N-dealkylation sites (tertiary alicyclic amines) is 1. The topological polar surface area (TPSA) is 65.1 Å². The zero-order chi connectivity index (χ0) is 21.3. The Balaban J connectivity index is 1.78. The number of hydrogen-bond acceptors (Lipinski definition) is 5. The third-order valence-corrected chi connectivity index (χ3v) is 5.06. The van der Waals surface area contributed by atoms with Gasteiger partial charge >= 0.3 is 5.97 Å². The predicted octanol–water partition coefficient (Wildman–Crippen LogP) is 4.01. The fourth-order valence-electron chi connectivity index (χ4n) is 3.45. The predicted molar refractivity (Wildman–Crippen MR) is 114 cm³/mol. The van der Waals surface area contributed by atoms with Crippen molar-refractivity contribution in [1.29, 1.82) is 0 Å². The van der Waals surface area contributed by atoms with E-state index < -0.39 is 12.1 Å². The van der Waals surface area contributed by atoms with Crippen LogP contribution < -0.4 is 9.47 Å². The molecule has 1 unspecified atom stereocenters. The van der Waals surface area contributed by atoms with E-state index >= 15 is 0 Å². The van der Waals surface area contributed by atoms with E-state index in [4.69, 9.17) is 14.2 Å². The van der Waals surface area contributed by atoms with Crippen LogP contribution in [0.15, 0.2) is 54.6 Å². The van der Waals surface area contributed by atoms with Gasteiger partial charge in [0.05, 0.1) is 14.2 Å². The van der Waals surface area contributed by atoms with Gasteiger partial charge in [-0.3, -0.25) is 4.79 Å². The van der Waals surface area contributed by atoms with Crippen LogP contribution in [0, 0.1) is 0 Å². The fourth-order valence-corrected chi connectivity index (χ4v) is 3.45. The van der Waals surface area contributed by atoms with Crippen molar-refractivity contribution >= 4 is 18.0 Å². The van der Waals surface area contributed by atoms with Gasteiger partial charge in [0.15, 0.2) is 0 Å². The molecule has 0 bridgehead atoms. The summed E-state index contributed by atoms with van der Waals surface area (Å²) >= 11 is 0. The van der Waals surface area contributed by atoms with Gasteiger partial charge in [0.25, 0.3) is 5.91 Å². The highest BCUT2D eigenvalue weighted by molar-refractivity contribution is 5.91. The van der Waals surface area contributed by atoms with Crippen molar-refractivity contribution in [3.05, 3.63) is 65.7 Å². The molecule has 6 nitrogen and oxygen atoms in total. The number of benzene rings is 2. The summed E-state index contributed by atoms with van der Waals surface area (Å²) in [5, 5.41) is 0. The van der Waals surface area contributed by atoms with Gasteiger partial charge in [0.1, 0.15) is 11.5 Å². The molecule has 30 heavy (non-hydrogen) atoms. The Hall–Kier alpha value is -3.28. The molecule has 0 aromatic heterocycles. The maximum Gasteiger partial charge on any atom is 0.331 e. The second-order valence-corrected chi connectivity index (χ2v) is 7.05. The molecule has 2 aromatic rings. The second-order valence-electron chi connectivity index (χ2n) is 7.05. The van der Waals surface area contributed by atoms with Crippen LogP contribution in [0.5, 0.6) is 11.5 Å². The third kappa shape index (κ3) is 5.41. The largest absolute Gasteiger partial charge is 0.497 e. The Bertz CT molecular complexity index is 888. The second kappa shape index (κ2) is 10.5. The summed E-state index contributed by atoms with van der Waals surface area (Å²) in [7, 11) is 3.13. The molecule has 0 radical (unpaired) electrons. The van der Waals surface area contributed by atoms with Crippen molar-refractivity contribution in [1.82, 2.24) is 4.90 Å². The van der Waals surface area contributed by atoms with Crippen LogP contribution in [0.2, 0.25) is 0 Å². The highest BCUT2D eigenvalue weighted by Gasteiger charge is 2.29. The standard InChI is InChI=1S/C24H27NO5/c1-28-20-12-13-21(29-2)19(17-20)11-14-22(26)30-23(18-9-5-3-6-10-18)24(27)25-15-7-4-8-16-25/h3,5-6,9-14,17,23H,4,7-8,15-16H2,1-2H3/b14-11+. The maximum absolute atomic E-state index is 13.1. The van der Waals surface area contributed by atoms with Gasteiger partial charge in [-0.15, -0.1) is 0 Å². The lowest BCUT2D eigenvalue weighted by Crippen LogP contribution is -2.40. The number of esters is 1. The highest BCUT2D eigenvalue weighted by atomic mass is 16.5.